The summed E-state index contributed by atoms with van der Waals surface area (Å²) in [6.45, 7) is 0. The molecule has 12 heavy (non-hydrogen) atoms. The molecule has 4 heteroatoms. The van der Waals surface area contributed by atoms with Crippen LogP contribution < -0.4 is 4.90 Å². The van der Waals surface area contributed by atoms with Gasteiger partial charge in [0.25, 0.3) is 0 Å². The molecule has 66 valence electrons. The minimum absolute atomic E-state index is 0.233. The summed E-state index contributed by atoms with van der Waals surface area (Å²) in [5.74, 6) is -0.317. The first-order valence-electron chi connectivity index (χ1n) is 3.37. The Bertz CT molecular complexity index is 278. The molecular weight excluding hydrogens is 200 g/mol. The number of hydrogen-bond donors (Lipinski definition) is 0. The summed E-state index contributed by atoms with van der Waals surface area (Å²) in [6, 6.07) is 4.60. The van der Waals surface area contributed by atoms with Gasteiger partial charge < -0.3 is 4.90 Å². The molecule has 0 saturated carbocycles. The summed E-state index contributed by atoms with van der Waals surface area (Å²) < 4.78 is 13.0. The molecule has 0 bridgehead atoms. The molecule has 0 heterocycles. The minimum atomic E-state index is -0.317. The number of nitrogens with zero attached hydrogens (tertiary/aromatic N) is 1. The van der Waals surface area contributed by atoms with E-state index < -0.39 is 0 Å². The summed E-state index contributed by atoms with van der Waals surface area (Å²) in [5, 5.41) is 0.503. The molecule has 0 saturated heterocycles. The van der Waals surface area contributed by atoms with Gasteiger partial charge in [0, 0.05) is 12.1 Å². The second-order valence-corrected chi connectivity index (χ2v) is 3.09. The highest BCUT2D eigenvalue weighted by Crippen LogP contribution is 2.22. The number of benzene rings is 1. The van der Waals surface area contributed by atoms with Gasteiger partial charge in [-0.05, 0) is 18.2 Å². The number of halogens is 3. The number of anilines is 1. The van der Waals surface area contributed by atoms with Gasteiger partial charge in [-0.3, -0.25) is 0 Å². The van der Waals surface area contributed by atoms with Crippen LogP contribution in [0.15, 0.2) is 18.2 Å². The minimum Gasteiger partial charge on any atom is -0.358 e. The standard InChI is InChI=1S/C8H8Cl2FN/c1-12(5-9)8-4-6(10)2-3-7(8)11/h2-4H,5H2,1H3. The maximum Gasteiger partial charge on any atom is 0.146 e. The van der Waals surface area contributed by atoms with E-state index in [0.717, 1.165) is 0 Å². The lowest BCUT2D eigenvalue weighted by molar-refractivity contribution is 0.625. The molecule has 0 spiro atoms. The fraction of sp³-hybridized carbons (Fsp3) is 0.250. The van der Waals surface area contributed by atoms with Crippen molar-refractivity contribution in [3.05, 3.63) is 29.0 Å². The van der Waals surface area contributed by atoms with E-state index in [1.807, 2.05) is 0 Å². The SMILES string of the molecule is CN(CCl)c1cc(Cl)ccc1F. The molecular formula is C8H8Cl2FN. The summed E-state index contributed by atoms with van der Waals surface area (Å²) in [6.07, 6.45) is 0. The molecule has 0 radical (unpaired) electrons. The van der Waals surface area contributed by atoms with Gasteiger partial charge in [-0.25, -0.2) is 4.39 Å². The van der Waals surface area contributed by atoms with Crippen LogP contribution >= 0.6 is 23.2 Å². The molecule has 1 aromatic rings. The quantitative estimate of drug-likeness (QED) is 0.533. The molecule has 1 nitrogen and oxygen atoms in total. The van der Waals surface area contributed by atoms with Crippen molar-refractivity contribution >= 4 is 28.9 Å². The third-order valence-electron chi connectivity index (χ3n) is 1.50. The zero-order valence-corrected chi connectivity index (χ0v) is 8.03. The van der Waals surface area contributed by atoms with Crippen molar-refractivity contribution in [3.8, 4) is 0 Å². The molecule has 0 amide bonds. The van der Waals surface area contributed by atoms with E-state index >= 15 is 0 Å². The van der Waals surface area contributed by atoms with E-state index in [-0.39, 0.29) is 11.8 Å². The van der Waals surface area contributed by atoms with Crippen molar-refractivity contribution in [3.63, 3.8) is 0 Å². The largest absolute Gasteiger partial charge is 0.358 e. The van der Waals surface area contributed by atoms with Gasteiger partial charge in [0.15, 0.2) is 0 Å². The van der Waals surface area contributed by atoms with E-state index in [9.17, 15) is 4.39 Å². The highest BCUT2D eigenvalue weighted by Gasteiger charge is 2.06. The summed E-state index contributed by atoms with van der Waals surface area (Å²) in [7, 11) is 1.70. The van der Waals surface area contributed by atoms with Crippen LogP contribution in [0.3, 0.4) is 0 Å². The highest BCUT2D eigenvalue weighted by atomic mass is 35.5. The Labute approximate surface area is 80.7 Å². The molecule has 0 aliphatic heterocycles. The van der Waals surface area contributed by atoms with Crippen LogP contribution in [0.1, 0.15) is 0 Å². The van der Waals surface area contributed by atoms with Gasteiger partial charge in [0.05, 0.1) is 11.7 Å². The van der Waals surface area contributed by atoms with Crippen molar-refractivity contribution in [2.24, 2.45) is 0 Å². The van der Waals surface area contributed by atoms with Crippen LogP contribution in [0.5, 0.6) is 0 Å². The number of hydrogen-bond acceptors (Lipinski definition) is 1. The van der Waals surface area contributed by atoms with E-state index in [1.165, 1.54) is 12.1 Å². The highest BCUT2D eigenvalue weighted by molar-refractivity contribution is 6.30. The van der Waals surface area contributed by atoms with Crippen LogP contribution in [-0.4, -0.2) is 13.1 Å². The van der Waals surface area contributed by atoms with Crippen LogP contribution in [-0.2, 0) is 0 Å². The van der Waals surface area contributed by atoms with Crippen molar-refractivity contribution in [1.29, 1.82) is 0 Å². The second-order valence-electron chi connectivity index (χ2n) is 2.41. The lowest BCUT2D eigenvalue weighted by Gasteiger charge is -2.16. The normalized spacial score (nSPS) is 10.0. The molecule has 1 rings (SSSR count). The predicted octanol–water partition coefficient (Wildman–Crippen LogP) is 3.11. The molecule has 0 aromatic heterocycles. The molecule has 0 fully saturated rings. The van der Waals surface area contributed by atoms with Crippen LogP contribution in [0.4, 0.5) is 10.1 Å². The lowest BCUT2D eigenvalue weighted by atomic mass is 10.3. The monoisotopic (exact) mass is 207 g/mol. The average molecular weight is 208 g/mol. The number of alkyl halides is 1. The molecule has 0 N–H and O–H groups in total. The summed E-state index contributed by atoms with van der Waals surface area (Å²) in [5.41, 5.74) is 0.414. The Morgan fingerprint density at radius 2 is 2.17 bits per heavy atom. The average Bonchev–Trinajstić information content (AvgIpc) is 2.08. The lowest BCUT2D eigenvalue weighted by Crippen LogP contribution is -2.15. The van der Waals surface area contributed by atoms with E-state index in [1.54, 1.807) is 18.0 Å². The van der Waals surface area contributed by atoms with E-state index in [4.69, 9.17) is 23.2 Å². The summed E-state index contributed by atoms with van der Waals surface area (Å²) in [4.78, 5) is 1.57. The molecule has 1 aromatic carbocycles. The zero-order chi connectivity index (χ0) is 9.14. The molecule has 0 aliphatic carbocycles. The van der Waals surface area contributed by atoms with Crippen molar-refractivity contribution in [2.45, 2.75) is 0 Å². The van der Waals surface area contributed by atoms with Crippen molar-refractivity contribution in [2.75, 3.05) is 18.0 Å². The van der Waals surface area contributed by atoms with Crippen molar-refractivity contribution < 1.29 is 4.39 Å². The fourth-order valence-corrected chi connectivity index (χ4v) is 1.14. The third-order valence-corrected chi connectivity index (χ3v) is 2.09. The fourth-order valence-electron chi connectivity index (χ4n) is 0.843. The maximum atomic E-state index is 13.0. The predicted molar refractivity (Wildman–Crippen MR) is 50.5 cm³/mol. The Kier molecular flexibility index (Phi) is 3.18. The van der Waals surface area contributed by atoms with E-state index in [0.29, 0.717) is 10.7 Å². The second kappa shape index (κ2) is 3.97. The van der Waals surface area contributed by atoms with Crippen LogP contribution in [0.25, 0.3) is 0 Å². The first-order valence-corrected chi connectivity index (χ1v) is 4.28. The Morgan fingerprint density at radius 1 is 1.50 bits per heavy atom. The van der Waals surface area contributed by atoms with Crippen LogP contribution in [0.2, 0.25) is 5.02 Å². The third kappa shape index (κ3) is 2.02. The van der Waals surface area contributed by atoms with E-state index in [2.05, 4.69) is 0 Å². The first-order chi connectivity index (χ1) is 5.65. The topological polar surface area (TPSA) is 3.24 Å². The Morgan fingerprint density at radius 3 is 2.75 bits per heavy atom. The smallest absolute Gasteiger partial charge is 0.146 e. The van der Waals surface area contributed by atoms with Gasteiger partial charge in [-0.1, -0.05) is 11.6 Å². The summed E-state index contributed by atoms with van der Waals surface area (Å²) >= 11 is 11.2. The van der Waals surface area contributed by atoms with Crippen molar-refractivity contribution in [1.82, 2.24) is 0 Å². The van der Waals surface area contributed by atoms with Crippen LogP contribution in [0, 0.1) is 5.82 Å². The van der Waals surface area contributed by atoms with Gasteiger partial charge in [-0.2, -0.15) is 0 Å². The Balaban J connectivity index is 3.04. The van der Waals surface area contributed by atoms with Gasteiger partial charge >= 0.3 is 0 Å². The first kappa shape index (κ1) is 9.62. The molecule has 0 atom stereocenters. The maximum absolute atomic E-state index is 13.0. The Hall–Kier alpha value is -0.470. The molecule has 0 aliphatic rings. The van der Waals surface area contributed by atoms with Gasteiger partial charge in [-0.15, -0.1) is 11.6 Å². The molecule has 0 unspecified atom stereocenters. The zero-order valence-electron chi connectivity index (χ0n) is 6.52. The van der Waals surface area contributed by atoms with Gasteiger partial charge in [0.1, 0.15) is 5.82 Å². The number of rotatable bonds is 2. The van der Waals surface area contributed by atoms with Gasteiger partial charge in [0.2, 0.25) is 0 Å².